The van der Waals surface area contributed by atoms with Gasteiger partial charge in [0.2, 0.25) is 0 Å². The van der Waals surface area contributed by atoms with E-state index in [1.54, 1.807) is 0 Å². The van der Waals surface area contributed by atoms with Gasteiger partial charge < -0.3 is 0 Å². The highest BCUT2D eigenvalue weighted by atomic mass is 15.0. The minimum absolute atomic E-state index is 0.184. The summed E-state index contributed by atoms with van der Waals surface area (Å²) >= 11 is 0. The van der Waals surface area contributed by atoms with Gasteiger partial charge in [0, 0.05) is 46.1 Å². The summed E-state index contributed by atoms with van der Waals surface area (Å²) in [5.41, 5.74) is 15.3. The van der Waals surface area contributed by atoms with Gasteiger partial charge >= 0.3 is 0 Å². The molecule has 0 radical (unpaired) electrons. The summed E-state index contributed by atoms with van der Waals surface area (Å²) in [4.78, 5) is 24.0. The van der Waals surface area contributed by atoms with Crippen LogP contribution >= 0.6 is 0 Å². The quantitative estimate of drug-likeness (QED) is 0.145. The van der Waals surface area contributed by atoms with Crippen molar-refractivity contribution in [2.24, 2.45) is 0 Å². The van der Waals surface area contributed by atoms with Crippen LogP contribution in [0.1, 0.15) is 23.7 Å². The largest absolute Gasteiger partial charge is 0.256 e. The Morgan fingerprint density at radius 2 is 0.844 bits per heavy atom. The summed E-state index contributed by atoms with van der Waals surface area (Å²) in [6.07, 6.45) is 11.3. The Bertz CT molecular complexity index is 3150. The van der Waals surface area contributed by atoms with Crippen molar-refractivity contribution in [3.05, 3.63) is 242 Å². The molecule has 5 heteroatoms. The predicted molar refractivity (Wildman–Crippen MR) is 262 cm³/mol. The van der Waals surface area contributed by atoms with Gasteiger partial charge in [-0.15, -0.1) is 0 Å². The Kier molecular flexibility index (Phi) is 10.3. The molecule has 0 saturated heterocycles. The lowest BCUT2D eigenvalue weighted by atomic mass is 9.84. The summed E-state index contributed by atoms with van der Waals surface area (Å²) in [5.74, 6) is 2.19. The third-order valence-electron chi connectivity index (χ3n) is 12.0. The average molecular weight is 820 g/mol. The lowest BCUT2D eigenvalue weighted by molar-refractivity contribution is 0.862. The van der Waals surface area contributed by atoms with Gasteiger partial charge in [0.1, 0.15) is 0 Å². The van der Waals surface area contributed by atoms with Gasteiger partial charge in [-0.05, 0) is 98.6 Å². The first-order valence-corrected chi connectivity index (χ1v) is 21.7. The maximum atomic E-state index is 4.99. The molecule has 0 aliphatic heterocycles. The van der Waals surface area contributed by atoms with Crippen molar-refractivity contribution in [2.75, 3.05) is 0 Å². The molecule has 1 atom stereocenters. The van der Waals surface area contributed by atoms with E-state index in [4.69, 9.17) is 15.0 Å². The van der Waals surface area contributed by atoms with Crippen LogP contribution in [0.3, 0.4) is 0 Å². The van der Waals surface area contributed by atoms with E-state index >= 15 is 0 Å². The molecule has 3 heterocycles. The van der Waals surface area contributed by atoms with Crippen molar-refractivity contribution < 1.29 is 0 Å². The molecule has 0 saturated carbocycles. The van der Waals surface area contributed by atoms with Gasteiger partial charge in [-0.3, -0.25) is 9.97 Å². The molecule has 5 nitrogen and oxygen atoms in total. The second-order valence-electron chi connectivity index (χ2n) is 16.0. The zero-order valence-corrected chi connectivity index (χ0v) is 35.0. The second-order valence-corrected chi connectivity index (χ2v) is 16.0. The zero-order chi connectivity index (χ0) is 42.7. The highest BCUT2D eigenvalue weighted by molar-refractivity contribution is 6.00. The maximum Gasteiger partial charge on any atom is 0.164 e. The summed E-state index contributed by atoms with van der Waals surface area (Å²) in [6, 6.07) is 70.2. The smallest absolute Gasteiger partial charge is 0.164 e. The van der Waals surface area contributed by atoms with Crippen LogP contribution in [0.5, 0.6) is 0 Å². The number of nitrogens with zero attached hydrogens (tertiary/aromatic N) is 5. The van der Waals surface area contributed by atoms with E-state index in [2.05, 4.69) is 131 Å². The number of aromatic nitrogens is 5. The van der Waals surface area contributed by atoms with Crippen LogP contribution in [0, 0.1) is 0 Å². The maximum absolute atomic E-state index is 4.99. The first kappa shape index (κ1) is 38.5. The number of pyridine rings is 2. The summed E-state index contributed by atoms with van der Waals surface area (Å²) < 4.78 is 0. The van der Waals surface area contributed by atoms with Crippen LogP contribution in [0.4, 0.5) is 0 Å². The van der Waals surface area contributed by atoms with Gasteiger partial charge in [0.05, 0.1) is 11.4 Å². The molecule has 7 aromatic carbocycles. The lowest BCUT2D eigenvalue weighted by Crippen LogP contribution is -2.05. The topological polar surface area (TPSA) is 64.5 Å². The molecule has 11 rings (SSSR count). The van der Waals surface area contributed by atoms with Crippen molar-refractivity contribution in [3.8, 4) is 78.7 Å². The Hall–Kier alpha value is -8.41. The van der Waals surface area contributed by atoms with Gasteiger partial charge in [0.15, 0.2) is 17.5 Å². The average Bonchev–Trinajstić information content (AvgIpc) is 3.39. The van der Waals surface area contributed by atoms with E-state index in [1.807, 2.05) is 109 Å². The van der Waals surface area contributed by atoms with E-state index in [0.717, 1.165) is 73.5 Å². The minimum Gasteiger partial charge on any atom is -0.256 e. The summed E-state index contributed by atoms with van der Waals surface area (Å²) in [7, 11) is 0. The molecule has 1 aliphatic carbocycles. The molecular weight excluding hydrogens is 779 g/mol. The third kappa shape index (κ3) is 7.83. The molecular formula is C59H41N5. The highest BCUT2D eigenvalue weighted by Gasteiger charge is 2.20. The number of allylic oxidation sites excluding steroid dienone is 4. The summed E-state index contributed by atoms with van der Waals surface area (Å²) in [5, 5.41) is 2.47. The van der Waals surface area contributed by atoms with Crippen molar-refractivity contribution in [2.45, 2.75) is 12.3 Å². The molecule has 1 aliphatic rings. The first-order chi connectivity index (χ1) is 31.7. The fourth-order valence-electron chi connectivity index (χ4n) is 8.70. The van der Waals surface area contributed by atoms with E-state index in [0.29, 0.717) is 17.5 Å². The van der Waals surface area contributed by atoms with Crippen molar-refractivity contribution in [3.63, 3.8) is 0 Å². The number of hydrogen-bond acceptors (Lipinski definition) is 5. The first-order valence-electron chi connectivity index (χ1n) is 21.7. The number of hydrogen-bond donors (Lipinski definition) is 0. The van der Waals surface area contributed by atoms with Crippen LogP contribution in [0.15, 0.2) is 231 Å². The van der Waals surface area contributed by atoms with Crippen molar-refractivity contribution in [1.29, 1.82) is 0 Å². The monoisotopic (exact) mass is 819 g/mol. The fourth-order valence-corrected chi connectivity index (χ4v) is 8.70. The second kappa shape index (κ2) is 17.2. The summed E-state index contributed by atoms with van der Waals surface area (Å²) in [6.45, 7) is 0. The van der Waals surface area contributed by atoms with Gasteiger partial charge in [0.25, 0.3) is 0 Å². The molecule has 10 aromatic rings. The normalized spacial score (nSPS) is 13.4. The molecule has 0 amide bonds. The van der Waals surface area contributed by atoms with E-state index in [1.165, 1.54) is 21.9 Å². The molecule has 3 aromatic heterocycles. The molecule has 0 spiro atoms. The molecule has 0 fully saturated rings. The lowest BCUT2D eigenvalue weighted by Gasteiger charge is -2.20. The molecule has 64 heavy (non-hydrogen) atoms. The highest BCUT2D eigenvalue weighted by Crippen LogP contribution is 2.41. The standard InChI is InChI=1S/C59H41N5/c1-3-13-45(14-4-1)57-62-58(46-15-5-2-6-16-46)64-59(63-57)47-31-25-42(26-32-47)51-33-34-52(54-18-8-7-17-53(51)54)50-38-48(40-21-27-43(28-22-40)55-19-9-11-35-60-55)37-49(39-50)41-23-29-44(30-24-41)56-20-10-12-36-61-56/h1-25,27-39,42H,26H2. The van der Waals surface area contributed by atoms with Crippen LogP contribution in [0.2, 0.25) is 0 Å². The van der Waals surface area contributed by atoms with Crippen molar-refractivity contribution in [1.82, 2.24) is 24.9 Å². The third-order valence-corrected chi connectivity index (χ3v) is 12.0. The Balaban J connectivity index is 0.954. The van der Waals surface area contributed by atoms with E-state index < -0.39 is 0 Å². The minimum atomic E-state index is 0.184. The van der Waals surface area contributed by atoms with Crippen LogP contribution in [-0.4, -0.2) is 24.9 Å². The van der Waals surface area contributed by atoms with Gasteiger partial charge in [-0.2, -0.15) is 0 Å². The predicted octanol–water partition coefficient (Wildman–Crippen LogP) is 14.6. The SMILES string of the molecule is C1=CC(c2ccc(-c3cc(-c4ccc(-c5ccccn5)cc4)cc(-c4ccc(-c5ccccn5)cc4)c3)c3ccccc23)CC=C1c1nc(-c2ccccc2)nc(-c2ccccc2)n1. The van der Waals surface area contributed by atoms with Gasteiger partial charge in [-0.1, -0.05) is 176 Å². The van der Waals surface area contributed by atoms with Crippen LogP contribution in [-0.2, 0) is 0 Å². The van der Waals surface area contributed by atoms with Crippen molar-refractivity contribution >= 4 is 16.3 Å². The van der Waals surface area contributed by atoms with Crippen LogP contribution in [0.25, 0.3) is 95.0 Å². The zero-order valence-electron chi connectivity index (χ0n) is 35.0. The van der Waals surface area contributed by atoms with Gasteiger partial charge in [-0.25, -0.2) is 15.0 Å². The Morgan fingerprint density at radius 1 is 0.359 bits per heavy atom. The fraction of sp³-hybridized carbons (Fsp3) is 0.0339. The Labute approximate surface area is 372 Å². The van der Waals surface area contributed by atoms with Crippen LogP contribution < -0.4 is 0 Å². The molecule has 0 bridgehead atoms. The number of benzene rings is 7. The van der Waals surface area contributed by atoms with E-state index in [9.17, 15) is 0 Å². The molecule has 302 valence electrons. The molecule has 0 N–H and O–H groups in total. The van der Waals surface area contributed by atoms with E-state index in [-0.39, 0.29) is 5.92 Å². The number of fused-ring (bicyclic) bond motifs is 1. The Morgan fingerprint density at radius 3 is 1.36 bits per heavy atom. The number of rotatable bonds is 9. The molecule has 1 unspecified atom stereocenters.